The Balaban J connectivity index is 1.36. The highest BCUT2D eigenvalue weighted by molar-refractivity contribution is 6.99. The van der Waals surface area contributed by atoms with Gasteiger partial charge in [-0.3, -0.25) is 4.79 Å². The highest BCUT2D eigenvalue weighted by Gasteiger charge is 2.24. The number of nitrogens with zero attached hydrogens (tertiary/aromatic N) is 3. The number of likely N-dealkylation sites (tertiary alicyclic amines) is 1. The minimum atomic E-state index is -0.278. The second-order valence-electron chi connectivity index (χ2n) is 5.97. The molecule has 1 aromatic carbocycles. The molecule has 0 atom stereocenters. The second-order valence-corrected chi connectivity index (χ2v) is 6.53. The van der Waals surface area contributed by atoms with Crippen LogP contribution in [0.3, 0.4) is 0 Å². The fraction of sp³-hybridized carbons (Fsp3) is 0.412. The average Bonchev–Trinajstić information content (AvgIpc) is 3.20. The van der Waals surface area contributed by atoms with Gasteiger partial charge in [0.05, 0.1) is 17.9 Å². The minimum Gasteiger partial charge on any atom is -0.445 e. The molecule has 1 fully saturated rings. The molecule has 0 bridgehead atoms. The van der Waals surface area contributed by atoms with Crippen LogP contribution >= 0.6 is 11.7 Å². The molecule has 1 aliphatic heterocycles. The Morgan fingerprint density at radius 3 is 2.68 bits per heavy atom. The Morgan fingerprint density at radius 2 is 2.00 bits per heavy atom. The number of amides is 2. The Labute approximate surface area is 150 Å². The molecule has 3 rings (SSSR count). The van der Waals surface area contributed by atoms with Gasteiger partial charge in [0.1, 0.15) is 6.61 Å². The van der Waals surface area contributed by atoms with Crippen LogP contribution in [0, 0.1) is 5.92 Å². The van der Waals surface area contributed by atoms with Gasteiger partial charge in [0.2, 0.25) is 0 Å². The van der Waals surface area contributed by atoms with E-state index < -0.39 is 0 Å². The maximum atomic E-state index is 12.1. The van der Waals surface area contributed by atoms with Crippen molar-refractivity contribution in [2.24, 2.45) is 5.92 Å². The monoisotopic (exact) mass is 360 g/mol. The molecule has 1 N–H and O–H groups in total. The molecule has 0 aliphatic carbocycles. The summed E-state index contributed by atoms with van der Waals surface area (Å²) in [6.07, 6.45) is 2.87. The zero-order valence-corrected chi connectivity index (χ0v) is 14.6. The van der Waals surface area contributed by atoms with E-state index in [-0.39, 0.29) is 18.6 Å². The van der Waals surface area contributed by atoms with Gasteiger partial charge in [0, 0.05) is 19.6 Å². The van der Waals surface area contributed by atoms with Crippen LogP contribution in [0.4, 0.5) is 4.79 Å². The summed E-state index contributed by atoms with van der Waals surface area (Å²) < 4.78 is 13.1. The second kappa shape index (κ2) is 8.57. The van der Waals surface area contributed by atoms with Crippen molar-refractivity contribution in [2.45, 2.75) is 19.4 Å². The molecular weight excluding hydrogens is 340 g/mol. The van der Waals surface area contributed by atoms with Gasteiger partial charge in [-0.05, 0) is 24.3 Å². The van der Waals surface area contributed by atoms with Crippen molar-refractivity contribution >= 4 is 23.7 Å². The number of rotatable bonds is 5. The smallest absolute Gasteiger partial charge is 0.410 e. The zero-order valence-electron chi connectivity index (χ0n) is 13.8. The molecule has 1 aromatic heterocycles. The molecular formula is C17H20N4O3S. The number of carbonyl (C=O) groups is 2. The minimum absolute atomic E-state index is 0.196. The largest absolute Gasteiger partial charge is 0.445 e. The molecule has 2 heterocycles. The number of nitrogens with one attached hydrogen (secondary N) is 1. The molecule has 1 saturated heterocycles. The number of piperidine rings is 1. The number of hydrogen-bond donors (Lipinski definition) is 1. The van der Waals surface area contributed by atoms with Crippen molar-refractivity contribution in [3.63, 3.8) is 0 Å². The van der Waals surface area contributed by atoms with E-state index in [0.29, 0.717) is 31.2 Å². The normalized spacial score (nSPS) is 15.0. The van der Waals surface area contributed by atoms with E-state index in [0.717, 1.165) is 30.1 Å². The Kier molecular flexibility index (Phi) is 5.95. The Morgan fingerprint density at radius 1 is 1.24 bits per heavy atom. The quantitative estimate of drug-likeness (QED) is 0.884. The third kappa shape index (κ3) is 4.99. The summed E-state index contributed by atoms with van der Waals surface area (Å²) in [7, 11) is 0. The van der Waals surface area contributed by atoms with Crippen LogP contribution in [0.1, 0.15) is 28.9 Å². The van der Waals surface area contributed by atoms with Gasteiger partial charge in [-0.1, -0.05) is 30.3 Å². The average molecular weight is 360 g/mol. The number of carbonyl (C=O) groups excluding carboxylic acids is 2. The van der Waals surface area contributed by atoms with Gasteiger partial charge in [0.15, 0.2) is 5.69 Å². The topological polar surface area (TPSA) is 84.4 Å². The molecule has 0 radical (unpaired) electrons. The summed E-state index contributed by atoms with van der Waals surface area (Å²) in [4.78, 5) is 25.7. The van der Waals surface area contributed by atoms with Crippen molar-refractivity contribution < 1.29 is 14.3 Å². The third-order valence-electron chi connectivity index (χ3n) is 4.22. The van der Waals surface area contributed by atoms with Crippen molar-refractivity contribution in [3.8, 4) is 0 Å². The summed E-state index contributed by atoms with van der Waals surface area (Å²) >= 11 is 1.02. The summed E-state index contributed by atoms with van der Waals surface area (Å²) in [6.45, 7) is 2.17. The van der Waals surface area contributed by atoms with Gasteiger partial charge < -0.3 is 15.0 Å². The lowest BCUT2D eigenvalue weighted by atomic mass is 9.97. The molecule has 25 heavy (non-hydrogen) atoms. The van der Waals surface area contributed by atoms with E-state index >= 15 is 0 Å². The molecule has 8 heteroatoms. The first-order valence-corrected chi connectivity index (χ1v) is 8.97. The fourth-order valence-corrected chi connectivity index (χ4v) is 3.13. The Bertz CT molecular complexity index is 685. The van der Waals surface area contributed by atoms with Gasteiger partial charge >= 0.3 is 6.09 Å². The van der Waals surface area contributed by atoms with Crippen LogP contribution in [-0.4, -0.2) is 45.3 Å². The number of aromatic nitrogens is 2. The first-order valence-electron chi connectivity index (χ1n) is 8.24. The van der Waals surface area contributed by atoms with Crippen LogP contribution in [0.15, 0.2) is 36.5 Å². The summed E-state index contributed by atoms with van der Waals surface area (Å²) in [5, 5.41) is 2.88. The van der Waals surface area contributed by atoms with Gasteiger partial charge in [-0.2, -0.15) is 8.75 Å². The highest BCUT2D eigenvalue weighted by atomic mass is 32.1. The molecule has 2 amide bonds. The molecule has 1 aliphatic rings. The van der Waals surface area contributed by atoms with E-state index in [9.17, 15) is 9.59 Å². The van der Waals surface area contributed by atoms with E-state index in [2.05, 4.69) is 14.1 Å². The molecule has 7 nitrogen and oxygen atoms in total. The molecule has 0 spiro atoms. The molecule has 0 unspecified atom stereocenters. The lowest BCUT2D eigenvalue weighted by Gasteiger charge is -2.31. The van der Waals surface area contributed by atoms with Crippen molar-refractivity contribution in [1.29, 1.82) is 0 Å². The van der Waals surface area contributed by atoms with Gasteiger partial charge in [0.25, 0.3) is 5.91 Å². The zero-order chi connectivity index (χ0) is 17.5. The molecule has 0 saturated carbocycles. The van der Waals surface area contributed by atoms with Crippen molar-refractivity contribution in [3.05, 3.63) is 47.8 Å². The van der Waals surface area contributed by atoms with Crippen LogP contribution < -0.4 is 5.32 Å². The number of benzene rings is 1. The van der Waals surface area contributed by atoms with E-state index in [1.807, 2.05) is 30.3 Å². The van der Waals surface area contributed by atoms with Crippen LogP contribution in [0.25, 0.3) is 0 Å². The Hall–Kier alpha value is -2.48. The van der Waals surface area contributed by atoms with E-state index in [4.69, 9.17) is 4.74 Å². The predicted octanol–water partition coefficient (Wildman–Crippen LogP) is 2.32. The SMILES string of the molecule is O=C(NCC1CCN(C(=O)OCc2ccccc2)CC1)c1cnsn1. The van der Waals surface area contributed by atoms with Crippen LogP contribution in [-0.2, 0) is 11.3 Å². The lowest BCUT2D eigenvalue weighted by Crippen LogP contribution is -2.41. The standard InChI is InChI=1S/C17H20N4O3S/c22-16(15-11-19-25-20-15)18-10-13-6-8-21(9-7-13)17(23)24-12-14-4-2-1-3-5-14/h1-5,11,13H,6-10,12H2,(H,18,22). The third-order valence-corrected chi connectivity index (χ3v) is 4.70. The van der Waals surface area contributed by atoms with E-state index in [1.54, 1.807) is 4.90 Å². The predicted molar refractivity (Wildman–Crippen MR) is 93.2 cm³/mol. The summed E-state index contributed by atoms with van der Waals surface area (Å²) in [5.74, 6) is 0.159. The first kappa shape index (κ1) is 17.3. The van der Waals surface area contributed by atoms with Crippen molar-refractivity contribution in [1.82, 2.24) is 19.0 Å². The molecule has 2 aromatic rings. The summed E-state index contributed by atoms with van der Waals surface area (Å²) in [6, 6.07) is 9.63. The van der Waals surface area contributed by atoms with E-state index in [1.165, 1.54) is 6.20 Å². The lowest BCUT2D eigenvalue weighted by molar-refractivity contribution is 0.0800. The maximum Gasteiger partial charge on any atom is 0.410 e. The number of ether oxygens (including phenoxy) is 1. The van der Waals surface area contributed by atoms with Crippen molar-refractivity contribution in [2.75, 3.05) is 19.6 Å². The molecule has 132 valence electrons. The number of hydrogen-bond acceptors (Lipinski definition) is 6. The van der Waals surface area contributed by atoms with Gasteiger partial charge in [-0.15, -0.1) is 0 Å². The first-order chi connectivity index (χ1) is 12.2. The fourth-order valence-electron chi connectivity index (χ4n) is 2.72. The highest BCUT2D eigenvalue weighted by Crippen LogP contribution is 2.17. The summed E-state index contributed by atoms with van der Waals surface area (Å²) in [5.41, 5.74) is 1.33. The maximum absolute atomic E-state index is 12.1. The van der Waals surface area contributed by atoms with Crippen LogP contribution in [0.5, 0.6) is 0 Å². The van der Waals surface area contributed by atoms with Crippen LogP contribution in [0.2, 0.25) is 0 Å². The van der Waals surface area contributed by atoms with Gasteiger partial charge in [-0.25, -0.2) is 4.79 Å².